The van der Waals surface area contributed by atoms with Gasteiger partial charge in [-0.2, -0.15) is 0 Å². The first kappa shape index (κ1) is 22.3. The smallest absolute Gasteiger partial charge is 0.161 e. The van der Waals surface area contributed by atoms with Crippen LogP contribution in [0.5, 0.6) is 0 Å². The highest BCUT2D eigenvalue weighted by Gasteiger charge is 2.50. The van der Waals surface area contributed by atoms with Gasteiger partial charge in [-0.1, -0.05) is 72.4 Å². The Balaban J connectivity index is 1.57. The van der Waals surface area contributed by atoms with E-state index in [-0.39, 0.29) is 36.4 Å². The van der Waals surface area contributed by atoms with E-state index in [0.717, 1.165) is 16.3 Å². The minimum absolute atomic E-state index is 0.0325. The van der Waals surface area contributed by atoms with Crippen molar-refractivity contribution in [2.45, 2.75) is 49.4 Å². The Morgan fingerprint density at radius 1 is 0.935 bits per heavy atom. The van der Waals surface area contributed by atoms with Crippen molar-refractivity contribution in [2.75, 3.05) is 20.7 Å². The normalized spacial score (nSPS) is 27.6. The summed E-state index contributed by atoms with van der Waals surface area (Å²) in [6, 6.07) is 20.0. The third-order valence-electron chi connectivity index (χ3n) is 5.46. The van der Waals surface area contributed by atoms with Crippen molar-refractivity contribution in [3.8, 4) is 0 Å². The number of aliphatic hydroxyl groups is 1. The molecule has 1 N–H and O–H groups in total. The minimum atomic E-state index is -0.330. The van der Waals surface area contributed by atoms with E-state index in [1.54, 1.807) is 11.8 Å². The molecule has 0 radical (unpaired) electrons. The number of ether oxygens (including phenoxy) is 3. The van der Waals surface area contributed by atoms with Crippen LogP contribution in [0, 0.1) is 0 Å². The summed E-state index contributed by atoms with van der Waals surface area (Å²) in [5, 5.41) is 10.6. The maximum atomic E-state index is 9.68. The van der Waals surface area contributed by atoms with E-state index < -0.39 is 0 Å². The van der Waals surface area contributed by atoms with Crippen LogP contribution in [0.2, 0.25) is 0 Å². The maximum Gasteiger partial charge on any atom is 0.161 e. The van der Waals surface area contributed by atoms with Crippen LogP contribution in [-0.2, 0) is 27.4 Å². The van der Waals surface area contributed by atoms with E-state index in [9.17, 15) is 5.11 Å². The monoisotopic (exact) mass is 442 g/mol. The number of benzene rings is 2. The van der Waals surface area contributed by atoms with Crippen molar-refractivity contribution < 1.29 is 19.3 Å². The van der Waals surface area contributed by atoms with Gasteiger partial charge in [-0.15, -0.1) is 0 Å². The van der Waals surface area contributed by atoms with Crippen molar-refractivity contribution >= 4 is 16.9 Å². The Labute approximate surface area is 188 Å². The van der Waals surface area contributed by atoms with E-state index in [0.29, 0.717) is 19.6 Å². The number of amidine groups is 1. The molecule has 1 fully saturated rings. The first-order valence-electron chi connectivity index (χ1n) is 10.6. The van der Waals surface area contributed by atoms with Crippen LogP contribution < -0.4 is 0 Å². The third-order valence-corrected chi connectivity index (χ3v) is 6.77. The van der Waals surface area contributed by atoms with E-state index in [4.69, 9.17) is 19.2 Å². The second kappa shape index (κ2) is 10.6. The largest absolute Gasteiger partial charge is 0.396 e. The molecule has 2 aliphatic heterocycles. The summed E-state index contributed by atoms with van der Waals surface area (Å²) in [5.74, 6) is 0. The number of hydrogen-bond donors (Lipinski definition) is 1. The molecule has 4 rings (SSSR count). The van der Waals surface area contributed by atoms with E-state index in [2.05, 4.69) is 12.1 Å². The van der Waals surface area contributed by atoms with Gasteiger partial charge >= 0.3 is 0 Å². The standard InChI is InChI=1S/C24H30N2O4S/c1-26(2)24-25-20-22(29-16-18-11-7-4-8-12-18)21(19(13-14-27)30-23(20)31-24)28-15-17-9-5-3-6-10-17/h3-12,19-23,27H,13-16H2,1-2H3/t19-,20-,21+,22-,23-/m1/s1. The zero-order valence-corrected chi connectivity index (χ0v) is 18.8. The molecule has 2 aromatic carbocycles. The molecule has 0 saturated carbocycles. The Hall–Kier alpha value is -1.90. The van der Waals surface area contributed by atoms with Gasteiger partial charge < -0.3 is 24.2 Å². The van der Waals surface area contributed by atoms with Crippen molar-refractivity contribution in [3.05, 3.63) is 71.8 Å². The number of hydrogen-bond acceptors (Lipinski definition) is 7. The quantitative estimate of drug-likeness (QED) is 0.677. The topological polar surface area (TPSA) is 63.5 Å². The summed E-state index contributed by atoms with van der Waals surface area (Å²) in [7, 11) is 3.97. The SMILES string of the molecule is CN(C)C1=N[C@@H]2[C@@H](OCc3ccccc3)[C@@H](OCc3ccccc3)[C@@H](CCO)O[C@@H]2S1. The zero-order chi connectivity index (χ0) is 21.6. The lowest BCUT2D eigenvalue weighted by Gasteiger charge is -2.42. The summed E-state index contributed by atoms with van der Waals surface area (Å²) in [5.41, 5.74) is 2.05. The highest BCUT2D eigenvalue weighted by molar-refractivity contribution is 8.14. The summed E-state index contributed by atoms with van der Waals surface area (Å²) in [6.07, 6.45) is -0.376. The molecular weight excluding hydrogens is 412 g/mol. The molecule has 0 aliphatic carbocycles. The molecule has 0 unspecified atom stereocenters. The molecule has 6 nitrogen and oxygen atoms in total. The van der Waals surface area contributed by atoms with Gasteiger partial charge in [-0.25, -0.2) is 0 Å². The first-order valence-corrected chi connectivity index (χ1v) is 11.5. The van der Waals surface area contributed by atoms with Gasteiger partial charge in [-0.05, 0) is 17.5 Å². The van der Waals surface area contributed by atoms with Gasteiger partial charge in [0, 0.05) is 20.7 Å². The predicted molar refractivity (Wildman–Crippen MR) is 123 cm³/mol. The fourth-order valence-electron chi connectivity index (χ4n) is 3.89. The van der Waals surface area contributed by atoms with E-state index in [1.165, 1.54) is 0 Å². The van der Waals surface area contributed by atoms with E-state index >= 15 is 0 Å². The van der Waals surface area contributed by atoms with Gasteiger partial charge in [0.15, 0.2) is 5.17 Å². The van der Waals surface area contributed by atoms with Crippen LogP contribution in [-0.4, -0.2) is 65.7 Å². The van der Waals surface area contributed by atoms with Gasteiger partial charge in [0.1, 0.15) is 23.7 Å². The fourth-order valence-corrected chi connectivity index (χ4v) is 5.05. The highest BCUT2D eigenvalue weighted by Crippen LogP contribution is 2.40. The zero-order valence-electron chi connectivity index (χ0n) is 18.0. The maximum absolute atomic E-state index is 9.68. The fraction of sp³-hybridized carbons (Fsp3) is 0.458. The molecule has 2 aromatic rings. The molecule has 2 aliphatic rings. The Morgan fingerprint density at radius 3 is 2.06 bits per heavy atom. The summed E-state index contributed by atoms with van der Waals surface area (Å²) < 4.78 is 19.2. The predicted octanol–water partition coefficient (Wildman–Crippen LogP) is 3.30. The Morgan fingerprint density at radius 2 is 1.52 bits per heavy atom. The summed E-state index contributed by atoms with van der Waals surface area (Å²) in [4.78, 5) is 6.92. The molecule has 0 aromatic heterocycles. The number of fused-ring (bicyclic) bond motifs is 1. The minimum Gasteiger partial charge on any atom is -0.396 e. The molecule has 0 amide bonds. The second-order valence-corrected chi connectivity index (χ2v) is 9.06. The first-order chi connectivity index (χ1) is 15.2. The average Bonchev–Trinajstić information content (AvgIpc) is 3.22. The molecule has 1 saturated heterocycles. The number of aliphatic hydroxyl groups excluding tert-OH is 1. The average molecular weight is 443 g/mol. The molecule has 31 heavy (non-hydrogen) atoms. The van der Waals surface area contributed by atoms with Crippen LogP contribution in [0.4, 0.5) is 0 Å². The Bertz CT molecular complexity index is 849. The lowest BCUT2D eigenvalue weighted by molar-refractivity contribution is -0.200. The number of thioether (sulfide) groups is 1. The van der Waals surface area contributed by atoms with Crippen LogP contribution in [0.1, 0.15) is 17.5 Å². The molecule has 5 atom stereocenters. The number of nitrogens with zero attached hydrogens (tertiary/aromatic N) is 2. The van der Waals surface area contributed by atoms with E-state index in [1.807, 2.05) is 67.5 Å². The van der Waals surface area contributed by atoms with Crippen molar-refractivity contribution in [1.82, 2.24) is 4.90 Å². The lowest BCUT2D eigenvalue weighted by Crippen LogP contribution is -2.57. The molecule has 0 spiro atoms. The van der Waals surface area contributed by atoms with Crippen molar-refractivity contribution in [1.29, 1.82) is 0 Å². The van der Waals surface area contributed by atoms with Gasteiger partial charge in [-0.3, -0.25) is 4.99 Å². The van der Waals surface area contributed by atoms with Gasteiger partial charge in [0.2, 0.25) is 0 Å². The van der Waals surface area contributed by atoms with Crippen molar-refractivity contribution in [3.63, 3.8) is 0 Å². The molecule has 0 bridgehead atoms. The summed E-state index contributed by atoms with van der Waals surface area (Å²) >= 11 is 1.61. The van der Waals surface area contributed by atoms with Gasteiger partial charge in [0.25, 0.3) is 0 Å². The lowest BCUT2D eigenvalue weighted by atomic mass is 9.95. The van der Waals surface area contributed by atoms with Crippen LogP contribution >= 0.6 is 11.8 Å². The Kier molecular flexibility index (Phi) is 7.63. The van der Waals surface area contributed by atoms with Crippen LogP contribution in [0.3, 0.4) is 0 Å². The number of rotatable bonds is 8. The molecule has 2 heterocycles. The third kappa shape index (κ3) is 5.48. The molecular formula is C24H30N2O4S. The number of aliphatic imine (C=N–C) groups is 1. The van der Waals surface area contributed by atoms with Crippen LogP contribution in [0.25, 0.3) is 0 Å². The highest BCUT2D eigenvalue weighted by atomic mass is 32.2. The van der Waals surface area contributed by atoms with Crippen LogP contribution in [0.15, 0.2) is 65.7 Å². The molecule has 166 valence electrons. The molecule has 7 heteroatoms. The second-order valence-electron chi connectivity index (χ2n) is 7.99. The summed E-state index contributed by atoms with van der Waals surface area (Å²) in [6.45, 7) is 0.963. The van der Waals surface area contributed by atoms with Crippen molar-refractivity contribution in [2.24, 2.45) is 4.99 Å². The van der Waals surface area contributed by atoms with Gasteiger partial charge in [0.05, 0.1) is 19.3 Å².